The Morgan fingerprint density at radius 1 is 1.00 bits per heavy atom. The molecule has 0 amide bonds. The number of nitrogens with zero attached hydrogens (tertiary/aromatic N) is 1. The normalized spacial score (nSPS) is 13.9. The van der Waals surface area contributed by atoms with E-state index < -0.39 is 15.7 Å². The van der Waals surface area contributed by atoms with E-state index in [2.05, 4.69) is 11.3 Å². The topological polar surface area (TPSA) is 29.4 Å². The highest BCUT2D eigenvalue weighted by atomic mass is 32.2. The third-order valence-electron chi connectivity index (χ3n) is 3.69. The van der Waals surface area contributed by atoms with E-state index in [1.54, 1.807) is 0 Å². The van der Waals surface area contributed by atoms with E-state index in [1.165, 1.54) is 0 Å². The molecule has 1 unspecified atom stereocenters. The zero-order chi connectivity index (χ0) is 16.0. The van der Waals surface area contributed by atoms with Crippen LogP contribution in [0, 0.1) is 0 Å². The Hall–Kier alpha value is -1.74. The summed E-state index contributed by atoms with van der Waals surface area (Å²) in [7, 11) is -1.33. The van der Waals surface area contributed by atoms with Crippen LogP contribution in [0.3, 0.4) is 0 Å². The van der Waals surface area contributed by atoms with Gasteiger partial charge in [-0.1, -0.05) is 74.0 Å². The number of rotatable bonds is 6. The summed E-state index contributed by atoms with van der Waals surface area (Å²) in [4.78, 5) is 0. The molecule has 2 rings (SSSR count). The Kier molecular flexibility index (Phi) is 5.67. The van der Waals surface area contributed by atoms with Crippen LogP contribution in [0.2, 0.25) is 0 Å². The van der Waals surface area contributed by atoms with Crippen LogP contribution in [-0.2, 0) is 15.7 Å². The average molecular weight is 313 g/mol. The molecule has 3 heteroatoms. The molecule has 2 aromatic carbocycles. The molecule has 2 nitrogen and oxygen atoms in total. The molecule has 0 saturated heterocycles. The quantitative estimate of drug-likeness (QED) is 0.699. The van der Waals surface area contributed by atoms with Gasteiger partial charge in [0.1, 0.15) is 11.0 Å². The molecular weight excluding hydrogens is 290 g/mol. The molecule has 0 N–H and O–H groups in total. The first-order valence-corrected chi connectivity index (χ1v) is 8.77. The van der Waals surface area contributed by atoms with Crippen molar-refractivity contribution in [3.8, 4) is 0 Å². The molecule has 0 aliphatic heterocycles. The molecule has 0 aromatic heterocycles. The van der Waals surface area contributed by atoms with Crippen LogP contribution in [0.25, 0.3) is 0 Å². The predicted molar refractivity (Wildman–Crippen MR) is 95.5 cm³/mol. The smallest absolute Gasteiger partial charge is 0.149 e. The second kappa shape index (κ2) is 7.50. The van der Waals surface area contributed by atoms with Crippen molar-refractivity contribution in [2.45, 2.75) is 38.4 Å². The molecule has 0 aliphatic carbocycles. The van der Waals surface area contributed by atoms with Crippen molar-refractivity contribution in [1.29, 1.82) is 0 Å². The van der Waals surface area contributed by atoms with Crippen molar-refractivity contribution >= 4 is 16.7 Å². The Morgan fingerprint density at radius 2 is 1.55 bits per heavy atom. The van der Waals surface area contributed by atoms with Crippen LogP contribution in [0.1, 0.15) is 44.7 Å². The van der Waals surface area contributed by atoms with Crippen molar-refractivity contribution in [3.63, 3.8) is 0 Å². The molecule has 1 atom stereocenters. The lowest BCUT2D eigenvalue weighted by atomic mass is 10.0. The lowest BCUT2D eigenvalue weighted by molar-refractivity contribution is 0.644. The predicted octanol–water partition coefficient (Wildman–Crippen LogP) is 4.87. The Balaban J connectivity index is 2.34. The van der Waals surface area contributed by atoms with E-state index in [-0.39, 0.29) is 0 Å². The van der Waals surface area contributed by atoms with Gasteiger partial charge in [0.05, 0.1) is 10.5 Å². The standard InChI is InChI=1S/C19H23NOS/c1-4-11-18(16-12-7-5-8-13-16)20-22(21)19(2,3)17-14-9-6-10-15-17/h5-10,12-15H,4,11H2,1-3H3. The second-order valence-corrected chi connectivity index (χ2v) is 7.48. The molecule has 0 aliphatic rings. The van der Waals surface area contributed by atoms with Crippen molar-refractivity contribution in [1.82, 2.24) is 0 Å². The third-order valence-corrected chi connectivity index (χ3v) is 5.19. The summed E-state index contributed by atoms with van der Waals surface area (Å²) >= 11 is 0. The van der Waals surface area contributed by atoms with E-state index in [9.17, 15) is 4.21 Å². The minimum atomic E-state index is -1.33. The third kappa shape index (κ3) is 3.92. The fourth-order valence-electron chi connectivity index (χ4n) is 2.26. The van der Waals surface area contributed by atoms with Gasteiger partial charge in [0.15, 0.2) is 0 Å². The molecule has 0 spiro atoms. The zero-order valence-corrected chi connectivity index (χ0v) is 14.3. The van der Waals surface area contributed by atoms with Gasteiger partial charge in [0.25, 0.3) is 0 Å². The van der Waals surface area contributed by atoms with Gasteiger partial charge < -0.3 is 0 Å². The molecular formula is C19H23NOS. The minimum absolute atomic E-state index is 0.505. The van der Waals surface area contributed by atoms with Crippen molar-refractivity contribution in [3.05, 3.63) is 71.8 Å². The highest BCUT2D eigenvalue weighted by Gasteiger charge is 2.28. The summed E-state index contributed by atoms with van der Waals surface area (Å²) < 4.78 is 16.9. The monoisotopic (exact) mass is 313 g/mol. The molecule has 22 heavy (non-hydrogen) atoms. The van der Waals surface area contributed by atoms with Crippen molar-refractivity contribution in [2.24, 2.45) is 4.40 Å². The average Bonchev–Trinajstić information content (AvgIpc) is 2.56. The number of hydrogen-bond acceptors (Lipinski definition) is 1. The summed E-state index contributed by atoms with van der Waals surface area (Å²) in [6.07, 6.45) is 1.82. The lowest BCUT2D eigenvalue weighted by Gasteiger charge is -2.22. The zero-order valence-electron chi connectivity index (χ0n) is 13.5. The molecule has 2 aromatic rings. The molecule has 116 valence electrons. The van der Waals surface area contributed by atoms with Crippen LogP contribution < -0.4 is 0 Å². The van der Waals surface area contributed by atoms with E-state index in [0.29, 0.717) is 0 Å². The molecule has 0 saturated carbocycles. The maximum absolute atomic E-state index is 12.8. The lowest BCUT2D eigenvalue weighted by Crippen LogP contribution is -2.23. The first kappa shape index (κ1) is 16.6. The summed E-state index contributed by atoms with van der Waals surface area (Å²) in [6.45, 7) is 6.08. The van der Waals surface area contributed by atoms with Gasteiger partial charge in [0.2, 0.25) is 0 Å². The minimum Gasteiger partial charge on any atom is -0.234 e. The molecule has 0 bridgehead atoms. The van der Waals surface area contributed by atoms with Crippen LogP contribution >= 0.6 is 0 Å². The fraction of sp³-hybridized carbons (Fsp3) is 0.316. The van der Waals surface area contributed by atoms with Gasteiger partial charge in [-0.15, -0.1) is 0 Å². The van der Waals surface area contributed by atoms with E-state index in [4.69, 9.17) is 0 Å². The number of hydrogen-bond donors (Lipinski definition) is 0. The van der Waals surface area contributed by atoms with Gasteiger partial charge >= 0.3 is 0 Å². The summed E-state index contributed by atoms with van der Waals surface area (Å²) in [6, 6.07) is 20.0. The van der Waals surface area contributed by atoms with Crippen LogP contribution in [-0.4, -0.2) is 9.92 Å². The largest absolute Gasteiger partial charge is 0.234 e. The van der Waals surface area contributed by atoms with Crippen LogP contribution in [0.15, 0.2) is 65.1 Å². The highest BCUT2D eigenvalue weighted by molar-refractivity contribution is 7.84. The van der Waals surface area contributed by atoms with Gasteiger partial charge in [-0.25, -0.2) is 4.21 Å². The van der Waals surface area contributed by atoms with Crippen molar-refractivity contribution in [2.75, 3.05) is 0 Å². The Bertz CT molecular complexity index is 648. The van der Waals surface area contributed by atoms with E-state index >= 15 is 0 Å². The van der Waals surface area contributed by atoms with Crippen LogP contribution in [0.5, 0.6) is 0 Å². The van der Waals surface area contributed by atoms with Crippen molar-refractivity contribution < 1.29 is 4.21 Å². The van der Waals surface area contributed by atoms with E-state index in [0.717, 1.165) is 29.7 Å². The highest BCUT2D eigenvalue weighted by Crippen LogP contribution is 2.28. The second-order valence-electron chi connectivity index (χ2n) is 5.78. The maximum atomic E-state index is 12.8. The molecule has 0 heterocycles. The SMILES string of the molecule is CCCC(=NS(=O)C(C)(C)c1ccccc1)c1ccccc1. The molecule has 0 radical (unpaired) electrons. The van der Waals surface area contributed by atoms with E-state index in [1.807, 2.05) is 74.5 Å². The van der Waals surface area contributed by atoms with Gasteiger partial charge in [0, 0.05) is 0 Å². The fourth-order valence-corrected chi connectivity index (χ4v) is 3.23. The summed E-state index contributed by atoms with van der Waals surface area (Å²) in [5, 5.41) is 0. The van der Waals surface area contributed by atoms with Crippen LogP contribution in [0.4, 0.5) is 0 Å². The Labute approximate surface area is 135 Å². The summed E-state index contributed by atoms with van der Waals surface area (Å²) in [5.74, 6) is 0. The first-order chi connectivity index (χ1) is 10.6. The first-order valence-electron chi connectivity index (χ1n) is 7.66. The van der Waals surface area contributed by atoms with Gasteiger partial charge in [-0.05, 0) is 31.4 Å². The Morgan fingerprint density at radius 3 is 2.09 bits per heavy atom. The molecule has 0 fully saturated rings. The maximum Gasteiger partial charge on any atom is 0.149 e. The van der Waals surface area contributed by atoms with Gasteiger partial charge in [-0.2, -0.15) is 4.40 Å². The summed E-state index contributed by atoms with van der Waals surface area (Å²) in [5.41, 5.74) is 3.02. The number of benzene rings is 2. The van der Waals surface area contributed by atoms with Gasteiger partial charge in [-0.3, -0.25) is 0 Å².